The van der Waals surface area contributed by atoms with Crippen molar-refractivity contribution in [3.05, 3.63) is 70.1 Å². The van der Waals surface area contributed by atoms with E-state index in [1.54, 1.807) is 37.3 Å². The third-order valence-electron chi connectivity index (χ3n) is 5.60. The summed E-state index contributed by atoms with van der Waals surface area (Å²) < 4.78 is 34.7. The molecule has 1 heterocycles. The first-order valence-electron chi connectivity index (χ1n) is 12.0. The van der Waals surface area contributed by atoms with Crippen LogP contribution in [0.4, 0.5) is 5.69 Å². The van der Waals surface area contributed by atoms with Crippen molar-refractivity contribution in [2.45, 2.75) is 57.0 Å². The molecule has 1 aromatic heterocycles. The van der Waals surface area contributed by atoms with E-state index in [0.717, 1.165) is 29.4 Å². The van der Waals surface area contributed by atoms with Crippen LogP contribution in [0.3, 0.4) is 0 Å². The first kappa shape index (κ1) is 30.6. The van der Waals surface area contributed by atoms with Gasteiger partial charge in [-0.1, -0.05) is 24.1 Å². The molecule has 0 saturated heterocycles. The Bertz CT molecular complexity index is 1420. The van der Waals surface area contributed by atoms with Crippen molar-refractivity contribution < 1.29 is 27.0 Å². The lowest BCUT2D eigenvalue weighted by Crippen LogP contribution is -2.48. The van der Waals surface area contributed by atoms with E-state index in [0.29, 0.717) is 24.2 Å². The molecule has 2 aromatic carbocycles. The molecule has 11 nitrogen and oxygen atoms in total. The van der Waals surface area contributed by atoms with Crippen LogP contribution in [0.5, 0.6) is 0 Å². The highest BCUT2D eigenvalue weighted by Crippen LogP contribution is 2.20. The number of amides is 2. The Labute approximate surface area is 221 Å². The number of nitrogens with two attached hydrogens (primary N) is 2. The highest BCUT2D eigenvalue weighted by atomic mass is 32.2. The maximum Gasteiger partial charge on any atom is 0.336 e. The van der Waals surface area contributed by atoms with E-state index in [1.165, 1.54) is 18.2 Å². The molecule has 2 amide bonds. The van der Waals surface area contributed by atoms with E-state index in [1.807, 2.05) is 13.8 Å². The van der Waals surface area contributed by atoms with E-state index in [4.69, 9.17) is 20.4 Å². The van der Waals surface area contributed by atoms with Crippen LogP contribution in [-0.4, -0.2) is 43.4 Å². The Balaban J connectivity index is 0.000000384. The number of hydrogen-bond acceptors (Lipinski definition) is 8. The van der Waals surface area contributed by atoms with Crippen LogP contribution in [0.2, 0.25) is 0 Å². The second-order valence-electron chi connectivity index (χ2n) is 8.86. The molecule has 206 valence electrons. The van der Waals surface area contributed by atoms with Gasteiger partial charge in [0.1, 0.15) is 11.6 Å². The van der Waals surface area contributed by atoms with Gasteiger partial charge < -0.3 is 26.5 Å². The van der Waals surface area contributed by atoms with E-state index < -0.39 is 33.7 Å². The molecule has 0 unspecified atom stereocenters. The monoisotopic (exact) mass is 546 g/mol. The Morgan fingerprint density at radius 1 is 1.03 bits per heavy atom. The van der Waals surface area contributed by atoms with Gasteiger partial charge in [-0.05, 0) is 70.0 Å². The van der Waals surface area contributed by atoms with Gasteiger partial charge in [0.05, 0.1) is 10.9 Å². The van der Waals surface area contributed by atoms with Crippen LogP contribution in [0.25, 0.3) is 11.0 Å². The molecular formula is C26H34N4O7S. The van der Waals surface area contributed by atoms with E-state index >= 15 is 0 Å². The SMILES string of the molecule is Cc1cc(=O)oc2cc(NC(=O)[C@H](C)NC(=O)[C@@H](N)CCCCN)ccc12.Cc1ccc(S(=O)(=O)O)cc1. The smallest absolute Gasteiger partial charge is 0.336 e. The van der Waals surface area contributed by atoms with Crippen molar-refractivity contribution >= 4 is 38.6 Å². The minimum Gasteiger partial charge on any atom is -0.423 e. The molecular weight excluding hydrogens is 512 g/mol. The van der Waals surface area contributed by atoms with Crippen molar-refractivity contribution in [1.29, 1.82) is 0 Å². The Hall–Kier alpha value is -3.58. The summed E-state index contributed by atoms with van der Waals surface area (Å²) in [5, 5.41) is 6.09. The maximum absolute atomic E-state index is 12.3. The molecule has 0 aliphatic carbocycles. The number of aryl methyl sites for hydroxylation is 2. The third kappa shape index (κ3) is 9.38. The van der Waals surface area contributed by atoms with Crippen LogP contribution < -0.4 is 27.7 Å². The number of rotatable bonds is 9. The summed E-state index contributed by atoms with van der Waals surface area (Å²) in [4.78, 5) is 35.8. The fraction of sp³-hybridized carbons (Fsp3) is 0.346. The van der Waals surface area contributed by atoms with Gasteiger partial charge in [0.25, 0.3) is 10.1 Å². The molecule has 0 aliphatic rings. The second kappa shape index (κ2) is 13.8. The van der Waals surface area contributed by atoms with Gasteiger partial charge in [-0.15, -0.1) is 0 Å². The van der Waals surface area contributed by atoms with Gasteiger partial charge in [-0.2, -0.15) is 8.42 Å². The van der Waals surface area contributed by atoms with Crippen molar-refractivity contribution in [1.82, 2.24) is 5.32 Å². The van der Waals surface area contributed by atoms with Gasteiger partial charge in [-0.25, -0.2) is 4.79 Å². The third-order valence-corrected chi connectivity index (χ3v) is 6.46. The van der Waals surface area contributed by atoms with Gasteiger partial charge in [0, 0.05) is 23.2 Å². The fourth-order valence-corrected chi connectivity index (χ4v) is 3.87. The zero-order chi connectivity index (χ0) is 28.5. The molecule has 2 atom stereocenters. The summed E-state index contributed by atoms with van der Waals surface area (Å²) in [6, 6.07) is 11.0. The number of hydrogen-bond donors (Lipinski definition) is 5. The Morgan fingerprint density at radius 2 is 1.68 bits per heavy atom. The molecule has 0 aliphatic heterocycles. The minimum absolute atomic E-state index is 0.0666. The molecule has 0 saturated carbocycles. The summed E-state index contributed by atoms with van der Waals surface area (Å²) >= 11 is 0. The zero-order valence-corrected chi connectivity index (χ0v) is 22.4. The number of unbranched alkanes of at least 4 members (excludes halogenated alkanes) is 1. The summed E-state index contributed by atoms with van der Waals surface area (Å²) in [5.41, 5.74) is 13.4. The lowest BCUT2D eigenvalue weighted by molar-refractivity contribution is -0.127. The average molecular weight is 547 g/mol. The standard InChI is InChI=1S/C19H26N4O4.C7H8O3S/c1-11-9-17(24)27-16-10-13(6-7-14(11)16)23-18(25)12(2)22-19(26)15(21)5-3-4-8-20;1-6-2-4-7(5-3-6)11(8,9)10/h6-7,9-10,12,15H,3-5,8,20-21H2,1-2H3,(H,22,26)(H,23,25);2-5H,1H3,(H,8,9,10)/t12-,15-;/m0./s1. The van der Waals surface area contributed by atoms with Crippen molar-refractivity contribution in [2.24, 2.45) is 11.5 Å². The summed E-state index contributed by atoms with van der Waals surface area (Å²) in [6.45, 7) is 5.78. The Kier molecular flexibility index (Phi) is 11.1. The first-order chi connectivity index (χ1) is 17.8. The molecule has 0 fully saturated rings. The van der Waals surface area contributed by atoms with Crippen LogP contribution in [-0.2, 0) is 19.7 Å². The van der Waals surface area contributed by atoms with Gasteiger partial charge in [0.15, 0.2) is 0 Å². The summed E-state index contributed by atoms with van der Waals surface area (Å²) in [5.74, 6) is -0.776. The van der Waals surface area contributed by atoms with Gasteiger partial charge in [0.2, 0.25) is 11.8 Å². The molecule has 7 N–H and O–H groups in total. The molecule has 3 rings (SSSR count). The van der Waals surface area contributed by atoms with E-state index in [9.17, 15) is 22.8 Å². The topological polar surface area (TPSA) is 195 Å². The normalized spacial score (nSPS) is 12.7. The Morgan fingerprint density at radius 3 is 2.29 bits per heavy atom. The quantitative estimate of drug-likeness (QED) is 0.152. The number of carbonyl (C=O) groups excluding carboxylic acids is 2. The van der Waals surface area contributed by atoms with Crippen LogP contribution >= 0.6 is 0 Å². The minimum atomic E-state index is -4.02. The molecule has 0 spiro atoms. The lowest BCUT2D eigenvalue weighted by atomic mass is 10.1. The highest BCUT2D eigenvalue weighted by molar-refractivity contribution is 7.85. The number of carbonyl (C=O) groups is 2. The average Bonchev–Trinajstić information content (AvgIpc) is 2.83. The number of fused-ring (bicyclic) bond motifs is 1. The summed E-state index contributed by atoms with van der Waals surface area (Å²) in [6.07, 6.45) is 2.07. The summed E-state index contributed by atoms with van der Waals surface area (Å²) in [7, 11) is -4.02. The number of anilines is 1. The number of nitrogens with one attached hydrogen (secondary N) is 2. The molecule has 12 heteroatoms. The molecule has 0 bridgehead atoms. The van der Waals surface area contributed by atoms with Crippen molar-refractivity contribution in [2.75, 3.05) is 11.9 Å². The highest BCUT2D eigenvalue weighted by Gasteiger charge is 2.20. The second-order valence-corrected chi connectivity index (χ2v) is 10.3. The van der Waals surface area contributed by atoms with Crippen LogP contribution in [0, 0.1) is 13.8 Å². The zero-order valence-electron chi connectivity index (χ0n) is 21.6. The first-order valence-corrected chi connectivity index (χ1v) is 13.4. The van der Waals surface area contributed by atoms with Crippen molar-refractivity contribution in [3.63, 3.8) is 0 Å². The maximum atomic E-state index is 12.3. The predicted molar refractivity (Wildman–Crippen MR) is 145 cm³/mol. The van der Waals surface area contributed by atoms with Gasteiger partial charge in [-0.3, -0.25) is 14.1 Å². The lowest BCUT2D eigenvalue weighted by Gasteiger charge is -2.17. The van der Waals surface area contributed by atoms with Gasteiger partial charge >= 0.3 is 5.63 Å². The molecule has 0 radical (unpaired) electrons. The van der Waals surface area contributed by atoms with Crippen molar-refractivity contribution in [3.8, 4) is 0 Å². The number of benzene rings is 2. The predicted octanol–water partition coefficient (Wildman–Crippen LogP) is 2.24. The van der Waals surface area contributed by atoms with E-state index in [-0.39, 0.29) is 10.8 Å². The fourth-order valence-electron chi connectivity index (χ4n) is 3.39. The molecule has 3 aromatic rings. The van der Waals surface area contributed by atoms with Crippen LogP contribution in [0.15, 0.2) is 62.6 Å². The molecule has 38 heavy (non-hydrogen) atoms. The van der Waals surface area contributed by atoms with E-state index in [2.05, 4.69) is 10.6 Å². The van der Waals surface area contributed by atoms with Crippen LogP contribution in [0.1, 0.15) is 37.3 Å². The largest absolute Gasteiger partial charge is 0.423 e.